The minimum absolute atomic E-state index is 0.0719. The fourth-order valence-corrected chi connectivity index (χ4v) is 3.71. The van der Waals surface area contributed by atoms with Gasteiger partial charge in [0.2, 0.25) is 0 Å². The lowest BCUT2D eigenvalue weighted by Crippen LogP contribution is -2.39. The van der Waals surface area contributed by atoms with Crippen LogP contribution in [0.4, 0.5) is 13.2 Å². The zero-order valence-corrected chi connectivity index (χ0v) is 18.2. The molecule has 9 nitrogen and oxygen atoms in total. The maximum absolute atomic E-state index is 12.6. The Bertz CT molecular complexity index is 1310. The second kappa shape index (κ2) is 9.95. The third-order valence-corrected chi connectivity index (χ3v) is 5.39. The molecule has 0 aliphatic carbocycles. The summed E-state index contributed by atoms with van der Waals surface area (Å²) in [6.45, 7) is 1.33. The van der Waals surface area contributed by atoms with Crippen molar-refractivity contribution in [1.29, 1.82) is 0 Å². The summed E-state index contributed by atoms with van der Waals surface area (Å²) in [4.78, 5) is 32.2. The molecule has 182 valence electrons. The van der Waals surface area contributed by atoms with Gasteiger partial charge in [0.05, 0.1) is 6.26 Å². The van der Waals surface area contributed by atoms with Gasteiger partial charge in [-0.15, -0.1) is 0 Å². The average Bonchev–Trinajstić information content (AvgIpc) is 3.54. The SMILES string of the molecule is O=C(O)C(F)(F)F.O=C(c1ccco1)N1CCCC(c2nc3ccc(-c4cccnc4)cn3n2)C1. The van der Waals surface area contributed by atoms with E-state index in [9.17, 15) is 18.0 Å². The van der Waals surface area contributed by atoms with E-state index >= 15 is 0 Å². The second-order valence-electron chi connectivity index (χ2n) is 7.80. The smallest absolute Gasteiger partial charge is 0.475 e. The van der Waals surface area contributed by atoms with Crippen molar-refractivity contribution in [2.45, 2.75) is 24.9 Å². The van der Waals surface area contributed by atoms with Crippen molar-refractivity contribution in [3.63, 3.8) is 0 Å². The molecule has 0 bridgehead atoms. The van der Waals surface area contributed by atoms with Crippen LogP contribution in [-0.4, -0.2) is 60.7 Å². The number of pyridine rings is 2. The van der Waals surface area contributed by atoms with E-state index in [1.54, 1.807) is 18.3 Å². The van der Waals surface area contributed by atoms with Gasteiger partial charge in [0.25, 0.3) is 5.91 Å². The molecular formula is C23H20F3N5O4. The highest BCUT2D eigenvalue weighted by molar-refractivity contribution is 5.91. The van der Waals surface area contributed by atoms with Crippen LogP contribution in [0.3, 0.4) is 0 Å². The Kier molecular flexibility index (Phi) is 6.80. The van der Waals surface area contributed by atoms with Gasteiger partial charge in [0, 0.05) is 48.7 Å². The fourth-order valence-electron chi connectivity index (χ4n) is 3.71. The normalized spacial score (nSPS) is 16.0. The Morgan fingerprint density at radius 3 is 2.57 bits per heavy atom. The number of aromatic nitrogens is 4. The molecule has 1 aliphatic rings. The number of aliphatic carboxylic acids is 1. The van der Waals surface area contributed by atoms with Crippen LogP contribution < -0.4 is 0 Å². The number of piperidine rings is 1. The summed E-state index contributed by atoms with van der Waals surface area (Å²) in [6.07, 6.45) is 3.89. The number of carbonyl (C=O) groups excluding carboxylic acids is 1. The van der Waals surface area contributed by atoms with E-state index in [0.29, 0.717) is 12.3 Å². The van der Waals surface area contributed by atoms with Crippen molar-refractivity contribution in [2.75, 3.05) is 13.1 Å². The molecule has 1 saturated heterocycles. The zero-order valence-electron chi connectivity index (χ0n) is 18.2. The molecule has 0 radical (unpaired) electrons. The van der Waals surface area contributed by atoms with Crippen LogP contribution in [0.15, 0.2) is 65.7 Å². The Morgan fingerprint density at radius 1 is 1.11 bits per heavy atom. The maximum Gasteiger partial charge on any atom is 0.490 e. The molecule has 12 heteroatoms. The number of halogens is 3. The number of fused-ring (bicyclic) bond motifs is 1. The highest BCUT2D eigenvalue weighted by Gasteiger charge is 2.38. The predicted octanol–water partition coefficient (Wildman–Crippen LogP) is 4.04. The number of hydrogen-bond donors (Lipinski definition) is 1. The lowest BCUT2D eigenvalue weighted by atomic mass is 9.97. The molecule has 1 atom stereocenters. The number of amides is 1. The van der Waals surface area contributed by atoms with Crippen molar-refractivity contribution in [1.82, 2.24) is 24.5 Å². The average molecular weight is 487 g/mol. The number of hydrogen-bond acceptors (Lipinski definition) is 6. The molecule has 5 rings (SSSR count). The summed E-state index contributed by atoms with van der Waals surface area (Å²) >= 11 is 0. The molecule has 1 unspecified atom stereocenters. The van der Waals surface area contributed by atoms with E-state index in [1.165, 1.54) is 6.26 Å². The highest BCUT2D eigenvalue weighted by Crippen LogP contribution is 2.27. The van der Waals surface area contributed by atoms with Crippen molar-refractivity contribution < 1.29 is 32.3 Å². The number of alkyl halides is 3. The van der Waals surface area contributed by atoms with Crippen LogP contribution in [-0.2, 0) is 4.79 Å². The summed E-state index contributed by atoms with van der Waals surface area (Å²) in [6, 6.07) is 11.4. The number of likely N-dealkylation sites (tertiary alicyclic amines) is 1. The number of rotatable bonds is 3. The third kappa shape index (κ3) is 5.65. The van der Waals surface area contributed by atoms with Gasteiger partial charge in [-0.25, -0.2) is 14.3 Å². The van der Waals surface area contributed by atoms with Gasteiger partial charge in [-0.3, -0.25) is 9.78 Å². The van der Waals surface area contributed by atoms with Crippen LogP contribution in [0.1, 0.15) is 35.1 Å². The molecule has 0 saturated carbocycles. The van der Waals surface area contributed by atoms with E-state index in [1.807, 2.05) is 46.1 Å². The van der Waals surface area contributed by atoms with E-state index in [-0.39, 0.29) is 11.8 Å². The van der Waals surface area contributed by atoms with Gasteiger partial charge in [-0.1, -0.05) is 6.07 Å². The molecule has 5 heterocycles. The predicted molar refractivity (Wildman–Crippen MR) is 116 cm³/mol. The highest BCUT2D eigenvalue weighted by atomic mass is 19.4. The third-order valence-electron chi connectivity index (χ3n) is 5.39. The molecular weight excluding hydrogens is 467 g/mol. The number of nitrogens with zero attached hydrogens (tertiary/aromatic N) is 5. The van der Waals surface area contributed by atoms with Crippen LogP contribution >= 0.6 is 0 Å². The van der Waals surface area contributed by atoms with Crippen molar-refractivity contribution in [3.8, 4) is 11.1 Å². The Labute approximate surface area is 196 Å². The summed E-state index contributed by atoms with van der Waals surface area (Å²) < 4.78 is 38.8. The van der Waals surface area contributed by atoms with E-state index < -0.39 is 12.1 Å². The topological polar surface area (TPSA) is 114 Å². The molecule has 1 amide bonds. The van der Waals surface area contributed by atoms with Gasteiger partial charge >= 0.3 is 12.1 Å². The first-order chi connectivity index (χ1) is 16.7. The molecule has 1 aliphatic heterocycles. The molecule has 1 fully saturated rings. The van der Waals surface area contributed by atoms with E-state index in [0.717, 1.165) is 42.0 Å². The largest absolute Gasteiger partial charge is 0.490 e. The summed E-state index contributed by atoms with van der Waals surface area (Å²) in [5.41, 5.74) is 2.88. The van der Waals surface area contributed by atoms with Crippen LogP contribution in [0.25, 0.3) is 16.8 Å². The Hall–Kier alpha value is -4.22. The van der Waals surface area contributed by atoms with Crippen molar-refractivity contribution >= 4 is 17.5 Å². The number of furan rings is 1. The molecule has 4 aromatic rings. The zero-order chi connectivity index (χ0) is 25.0. The first-order valence-corrected chi connectivity index (χ1v) is 10.6. The van der Waals surface area contributed by atoms with Crippen LogP contribution in [0.2, 0.25) is 0 Å². The maximum atomic E-state index is 12.6. The van der Waals surface area contributed by atoms with Crippen molar-refractivity contribution in [2.24, 2.45) is 0 Å². The fraction of sp³-hybridized carbons (Fsp3) is 0.261. The van der Waals surface area contributed by atoms with Crippen LogP contribution in [0, 0.1) is 0 Å². The van der Waals surface area contributed by atoms with Gasteiger partial charge in [-0.05, 0) is 43.2 Å². The number of carboxylic acids is 1. The first-order valence-electron chi connectivity index (χ1n) is 10.6. The lowest BCUT2D eigenvalue weighted by molar-refractivity contribution is -0.192. The minimum atomic E-state index is -5.08. The van der Waals surface area contributed by atoms with Gasteiger partial charge in [0.15, 0.2) is 17.2 Å². The lowest BCUT2D eigenvalue weighted by Gasteiger charge is -2.30. The Morgan fingerprint density at radius 2 is 1.91 bits per heavy atom. The molecule has 4 aromatic heterocycles. The number of carboxylic acid groups (broad SMARTS) is 1. The summed E-state index contributed by atoms with van der Waals surface area (Å²) in [5, 5.41) is 11.8. The minimum Gasteiger partial charge on any atom is -0.475 e. The quantitative estimate of drug-likeness (QED) is 0.464. The van der Waals surface area contributed by atoms with Gasteiger partial charge in [0.1, 0.15) is 0 Å². The molecule has 0 aromatic carbocycles. The standard InChI is InChI=1S/C21H19N5O2.C2HF3O2/c27-21(18-6-3-11-28-18)25-10-2-5-17(13-25)20-23-19-8-7-16(14-26(19)24-20)15-4-1-9-22-12-15;3-2(4,5)1(6)7/h1,3-4,6-9,11-12,14,17H,2,5,10,13H2;(H,6,7). The summed E-state index contributed by atoms with van der Waals surface area (Å²) in [7, 11) is 0. The Balaban J connectivity index is 0.000000364. The molecule has 1 N–H and O–H groups in total. The van der Waals surface area contributed by atoms with Crippen molar-refractivity contribution in [3.05, 3.63) is 72.8 Å². The number of carbonyl (C=O) groups is 2. The van der Waals surface area contributed by atoms with Crippen LogP contribution in [0.5, 0.6) is 0 Å². The van der Waals surface area contributed by atoms with E-state index in [2.05, 4.69) is 4.98 Å². The summed E-state index contributed by atoms with van der Waals surface area (Å²) in [5.74, 6) is -1.55. The van der Waals surface area contributed by atoms with Gasteiger partial charge in [-0.2, -0.15) is 18.3 Å². The van der Waals surface area contributed by atoms with Gasteiger partial charge < -0.3 is 14.4 Å². The first kappa shape index (κ1) is 23.9. The van der Waals surface area contributed by atoms with E-state index in [4.69, 9.17) is 24.4 Å². The molecule has 0 spiro atoms. The monoisotopic (exact) mass is 487 g/mol. The molecule has 35 heavy (non-hydrogen) atoms. The second-order valence-corrected chi connectivity index (χ2v) is 7.80.